The Balaban J connectivity index is 4.21. The number of quaternary nitrogens is 1. The van der Waals surface area contributed by atoms with Crippen molar-refractivity contribution in [1.82, 2.24) is 0 Å². The first-order valence-electron chi connectivity index (χ1n) is 24.0. The summed E-state index contributed by atoms with van der Waals surface area (Å²) in [6.07, 6.45) is 53.8. The fraction of sp³-hybridized carbons (Fsp3) is 0.780. The summed E-state index contributed by atoms with van der Waals surface area (Å²) in [6, 6.07) is 0. The molecule has 0 saturated heterocycles. The number of carbonyl (C=O) groups is 1. The van der Waals surface area contributed by atoms with Crippen molar-refractivity contribution in [2.75, 3.05) is 54.1 Å². The molecule has 0 heterocycles. The Morgan fingerprint density at radius 1 is 0.542 bits per heavy atom. The zero-order chi connectivity index (χ0) is 43.4. The molecular formula is C50H92NO7P. The van der Waals surface area contributed by atoms with Crippen LogP contribution in [0.4, 0.5) is 0 Å². The van der Waals surface area contributed by atoms with Gasteiger partial charge in [-0.25, -0.2) is 0 Å². The summed E-state index contributed by atoms with van der Waals surface area (Å²) in [6.45, 7) is 5.27. The quantitative estimate of drug-likeness (QED) is 0.0198. The molecule has 0 rings (SSSR count). The third-order valence-electron chi connectivity index (χ3n) is 10.1. The van der Waals surface area contributed by atoms with Gasteiger partial charge in [-0.15, -0.1) is 0 Å². The summed E-state index contributed by atoms with van der Waals surface area (Å²) in [5.74, 6) is -0.340. The van der Waals surface area contributed by atoms with E-state index in [0.717, 1.165) is 77.0 Å². The van der Waals surface area contributed by atoms with Crippen molar-refractivity contribution >= 4 is 13.8 Å². The van der Waals surface area contributed by atoms with Gasteiger partial charge in [0.05, 0.1) is 34.4 Å². The number of phosphoric ester groups is 1. The molecule has 0 aliphatic rings. The molecule has 0 amide bonds. The monoisotopic (exact) mass is 850 g/mol. The lowest BCUT2D eigenvalue weighted by atomic mass is 10.0. The Labute approximate surface area is 364 Å². The zero-order valence-electron chi connectivity index (χ0n) is 38.9. The van der Waals surface area contributed by atoms with Crippen molar-refractivity contribution < 1.29 is 37.3 Å². The summed E-state index contributed by atoms with van der Waals surface area (Å²) in [4.78, 5) is 25.1. The highest BCUT2D eigenvalue weighted by molar-refractivity contribution is 7.45. The molecule has 0 saturated carbocycles. The van der Waals surface area contributed by atoms with Crippen molar-refractivity contribution in [2.24, 2.45) is 0 Å². The fourth-order valence-electron chi connectivity index (χ4n) is 6.40. The minimum absolute atomic E-state index is 0.0216. The van der Waals surface area contributed by atoms with Crippen LogP contribution in [0.15, 0.2) is 60.8 Å². The van der Waals surface area contributed by atoms with Gasteiger partial charge >= 0.3 is 5.97 Å². The highest BCUT2D eigenvalue weighted by Gasteiger charge is 2.20. The third kappa shape index (κ3) is 47.1. The first-order valence-corrected chi connectivity index (χ1v) is 25.5. The summed E-state index contributed by atoms with van der Waals surface area (Å²) in [5, 5.41) is 0. The van der Waals surface area contributed by atoms with E-state index >= 15 is 0 Å². The molecule has 2 unspecified atom stereocenters. The molecular weight excluding hydrogens is 758 g/mol. The van der Waals surface area contributed by atoms with Crippen molar-refractivity contribution in [3.63, 3.8) is 0 Å². The van der Waals surface area contributed by atoms with Crippen molar-refractivity contribution in [3.8, 4) is 0 Å². The molecule has 0 aliphatic heterocycles. The summed E-state index contributed by atoms with van der Waals surface area (Å²) in [5.41, 5.74) is 0. The lowest BCUT2D eigenvalue weighted by Gasteiger charge is -2.28. The molecule has 0 aliphatic carbocycles. The third-order valence-corrected chi connectivity index (χ3v) is 11.0. The first-order chi connectivity index (χ1) is 28.6. The van der Waals surface area contributed by atoms with Crippen LogP contribution in [0.3, 0.4) is 0 Å². The number of ether oxygens (including phenoxy) is 2. The van der Waals surface area contributed by atoms with Crippen molar-refractivity contribution in [3.05, 3.63) is 60.8 Å². The van der Waals surface area contributed by atoms with Gasteiger partial charge in [0.25, 0.3) is 7.82 Å². The number of carbonyl (C=O) groups excluding carboxylic acids is 1. The van der Waals surface area contributed by atoms with E-state index in [0.29, 0.717) is 24.1 Å². The summed E-state index contributed by atoms with van der Waals surface area (Å²) in [7, 11) is 1.34. The molecule has 9 heteroatoms. The molecule has 2 atom stereocenters. The van der Waals surface area contributed by atoms with Gasteiger partial charge in [0, 0.05) is 13.0 Å². The second kappa shape index (κ2) is 42.9. The van der Waals surface area contributed by atoms with E-state index in [4.69, 9.17) is 18.5 Å². The van der Waals surface area contributed by atoms with Crippen LogP contribution in [-0.2, 0) is 27.9 Å². The van der Waals surface area contributed by atoms with Gasteiger partial charge in [-0.3, -0.25) is 9.36 Å². The minimum atomic E-state index is -4.53. The molecule has 344 valence electrons. The average Bonchev–Trinajstić information content (AvgIpc) is 3.19. The molecule has 0 spiro atoms. The van der Waals surface area contributed by atoms with Crippen LogP contribution in [0.1, 0.15) is 194 Å². The van der Waals surface area contributed by atoms with Crippen molar-refractivity contribution in [2.45, 2.75) is 200 Å². The topological polar surface area (TPSA) is 94.1 Å². The molecule has 59 heavy (non-hydrogen) atoms. The van der Waals surface area contributed by atoms with Gasteiger partial charge in [-0.1, -0.05) is 190 Å². The van der Waals surface area contributed by atoms with Crippen LogP contribution in [0, 0.1) is 0 Å². The molecule has 8 nitrogen and oxygen atoms in total. The largest absolute Gasteiger partial charge is 0.756 e. The molecule has 0 bridgehead atoms. The average molecular weight is 850 g/mol. The first kappa shape index (κ1) is 57.2. The van der Waals surface area contributed by atoms with Crippen LogP contribution in [0.25, 0.3) is 0 Å². The van der Waals surface area contributed by atoms with E-state index in [-0.39, 0.29) is 25.8 Å². The molecule has 0 fully saturated rings. The van der Waals surface area contributed by atoms with Crippen LogP contribution in [0.2, 0.25) is 0 Å². The SMILES string of the molecule is CC/C=C\C/C=C\C/C=C\C/C=C\C/C=C\CCCCCCCCOCC(COP(=O)([O-])OCC[N+](C)(C)C)OC(=O)CCCCCCCCCCCCCCCCC. The Morgan fingerprint density at radius 3 is 1.47 bits per heavy atom. The van der Waals surface area contributed by atoms with E-state index in [1.165, 1.54) is 96.3 Å². The molecule has 0 aromatic carbocycles. The number of rotatable bonds is 44. The van der Waals surface area contributed by atoms with Gasteiger partial charge in [-0.2, -0.15) is 0 Å². The van der Waals surface area contributed by atoms with E-state index in [1.54, 1.807) is 0 Å². The van der Waals surface area contributed by atoms with E-state index < -0.39 is 13.9 Å². The van der Waals surface area contributed by atoms with Crippen LogP contribution >= 0.6 is 7.82 Å². The van der Waals surface area contributed by atoms with Crippen LogP contribution in [0.5, 0.6) is 0 Å². The number of hydrogen-bond donors (Lipinski definition) is 0. The second-order valence-electron chi connectivity index (χ2n) is 17.1. The van der Waals surface area contributed by atoms with Gasteiger partial charge < -0.3 is 27.9 Å². The lowest BCUT2D eigenvalue weighted by molar-refractivity contribution is -0.870. The predicted octanol–water partition coefficient (Wildman–Crippen LogP) is 13.9. The maximum atomic E-state index is 12.7. The summed E-state index contributed by atoms with van der Waals surface area (Å²) < 4.78 is 34.7. The van der Waals surface area contributed by atoms with Crippen molar-refractivity contribution in [1.29, 1.82) is 0 Å². The Hall–Kier alpha value is -1.80. The maximum Gasteiger partial charge on any atom is 0.306 e. The Kier molecular flexibility index (Phi) is 41.6. The number of unbranched alkanes of at least 4 members (excludes halogenated alkanes) is 20. The smallest absolute Gasteiger partial charge is 0.306 e. The van der Waals surface area contributed by atoms with Crippen LogP contribution in [-0.4, -0.2) is 70.7 Å². The molecule has 0 aromatic heterocycles. The fourth-order valence-corrected chi connectivity index (χ4v) is 7.13. The van der Waals surface area contributed by atoms with Crippen LogP contribution < -0.4 is 4.89 Å². The van der Waals surface area contributed by atoms with E-state index in [2.05, 4.69) is 74.6 Å². The number of allylic oxidation sites excluding steroid dienone is 10. The standard InChI is InChI=1S/C50H92NO7P/c1-6-8-10-12-14-16-18-20-22-23-24-25-26-27-28-30-32-34-36-38-40-42-45-55-47-49(48-57-59(53,54)56-46-44-51(3,4)5)58-50(52)43-41-39-37-35-33-31-29-21-19-17-15-13-11-9-7-2/h8,10,14,16,20,22,24-25,27-28,49H,6-7,9,11-13,15,17-19,21,23,26,29-48H2,1-5H3/b10-8-,16-14-,22-20-,25-24-,28-27-. The number of nitrogens with zero attached hydrogens (tertiary/aromatic N) is 1. The summed E-state index contributed by atoms with van der Waals surface area (Å²) >= 11 is 0. The van der Waals surface area contributed by atoms with E-state index in [1.807, 2.05) is 21.1 Å². The number of hydrogen-bond acceptors (Lipinski definition) is 7. The molecule has 0 N–H and O–H groups in total. The molecule has 0 aromatic rings. The van der Waals surface area contributed by atoms with Gasteiger partial charge in [0.15, 0.2) is 0 Å². The minimum Gasteiger partial charge on any atom is -0.756 e. The molecule has 0 radical (unpaired) electrons. The Bertz CT molecular complexity index is 1130. The van der Waals surface area contributed by atoms with Gasteiger partial charge in [0.1, 0.15) is 19.3 Å². The van der Waals surface area contributed by atoms with Gasteiger partial charge in [-0.05, 0) is 57.8 Å². The zero-order valence-corrected chi connectivity index (χ0v) is 39.8. The maximum absolute atomic E-state index is 12.7. The second-order valence-corrected chi connectivity index (χ2v) is 18.5. The highest BCUT2D eigenvalue weighted by atomic mass is 31.2. The number of phosphoric acid groups is 1. The number of likely N-dealkylation sites (N-methyl/N-ethyl adjacent to an activating group) is 1. The lowest BCUT2D eigenvalue weighted by Crippen LogP contribution is -2.37. The van der Waals surface area contributed by atoms with Gasteiger partial charge in [0.2, 0.25) is 0 Å². The number of esters is 1. The predicted molar refractivity (Wildman–Crippen MR) is 249 cm³/mol. The Morgan fingerprint density at radius 2 is 0.983 bits per heavy atom. The van der Waals surface area contributed by atoms with E-state index in [9.17, 15) is 14.3 Å². The highest BCUT2D eigenvalue weighted by Crippen LogP contribution is 2.38. The normalized spacial score (nSPS) is 14.2.